The lowest BCUT2D eigenvalue weighted by atomic mass is 9.92. The average Bonchev–Trinajstić information content (AvgIpc) is 2.85. The van der Waals surface area contributed by atoms with Crippen LogP contribution in [0.2, 0.25) is 0 Å². The van der Waals surface area contributed by atoms with Crippen LogP contribution in [0.1, 0.15) is 34.5 Å². The molecule has 0 bridgehead atoms. The van der Waals surface area contributed by atoms with Gasteiger partial charge in [-0.25, -0.2) is 0 Å². The van der Waals surface area contributed by atoms with E-state index in [1.807, 2.05) is 68.4 Å². The molecule has 0 aliphatic heterocycles. The molecule has 0 unspecified atom stereocenters. The predicted molar refractivity (Wildman–Crippen MR) is 80.1 cm³/mol. The molecule has 0 aliphatic carbocycles. The average molecular weight is 264 g/mol. The van der Waals surface area contributed by atoms with Crippen LogP contribution in [0.15, 0.2) is 59.0 Å². The van der Waals surface area contributed by atoms with Gasteiger partial charge in [0.05, 0.1) is 0 Å². The van der Waals surface area contributed by atoms with E-state index in [1.165, 1.54) is 0 Å². The van der Waals surface area contributed by atoms with E-state index in [0.717, 1.165) is 27.9 Å². The summed E-state index contributed by atoms with van der Waals surface area (Å²) in [7, 11) is 0. The van der Waals surface area contributed by atoms with Crippen molar-refractivity contribution in [2.45, 2.75) is 19.8 Å². The lowest BCUT2D eigenvalue weighted by Crippen LogP contribution is -2.09. The lowest BCUT2D eigenvalue weighted by Gasteiger charge is -2.11. The summed E-state index contributed by atoms with van der Waals surface area (Å²) in [5, 5.41) is 1.05. The zero-order valence-corrected chi connectivity index (χ0v) is 11.6. The van der Waals surface area contributed by atoms with Gasteiger partial charge in [-0.1, -0.05) is 43.3 Å². The van der Waals surface area contributed by atoms with Crippen molar-refractivity contribution in [3.8, 4) is 0 Å². The second-order valence-electron chi connectivity index (χ2n) is 5.11. The molecule has 3 aromatic rings. The summed E-state index contributed by atoms with van der Waals surface area (Å²) in [6.07, 6.45) is 0. The summed E-state index contributed by atoms with van der Waals surface area (Å²) in [6, 6.07) is 17.4. The first-order valence-electron chi connectivity index (χ1n) is 6.74. The van der Waals surface area contributed by atoms with Crippen molar-refractivity contribution >= 4 is 16.8 Å². The highest BCUT2D eigenvalue weighted by molar-refractivity contribution is 6.01. The van der Waals surface area contributed by atoms with Gasteiger partial charge < -0.3 is 4.42 Å². The Morgan fingerprint density at radius 3 is 2.55 bits per heavy atom. The molecule has 1 atom stereocenters. The summed E-state index contributed by atoms with van der Waals surface area (Å²) in [6.45, 7) is 3.88. The van der Waals surface area contributed by atoms with Gasteiger partial charge >= 0.3 is 0 Å². The fraction of sp³-hybridized carbons (Fsp3) is 0.167. The topological polar surface area (TPSA) is 30.2 Å². The minimum atomic E-state index is -0.156. The van der Waals surface area contributed by atoms with Crippen LogP contribution < -0.4 is 0 Å². The van der Waals surface area contributed by atoms with Crippen LogP contribution in [0.25, 0.3) is 11.0 Å². The van der Waals surface area contributed by atoms with Gasteiger partial charge in [-0.2, -0.15) is 0 Å². The quantitative estimate of drug-likeness (QED) is 0.640. The lowest BCUT2D eigenvalue weighted by molar-refractivity contribution is 0.0966. The van der Waals surface area contributed by atoms with Gasteiger partial charge in [0.2, 0.25) is 0 Å². The number of furan rings is 1. The largest absolute Gasteiger partial charge is 0.461 e. The minimum absolute atomic E-state index is 0.144. The Kier molecular flexibility index (Phi) is 3.15. The highest BCUT2D eigenvalue weighted by atomic mass is 16.3. The molecular weight excluding hydrogens is 248 g/mol. The minimum Gasteiger partial charge on any atom is -0.461 e. The number of hydrogen-bond acceptors (Lipinski definition) is 2. The first-order valence-corrected chi connectivity index (χ1v) is 6.74. The van der Waals surface area contributed by atoms with Crippen LogP contribution in [0.4, 0.5) is 0 Å². The first-order chi connectivity index (χ1) is 9.65. The number of fused-ring (bicyclic) bond motifs is 1. The van der Waals surface area contributed by atoms with Gasteiger partial charge in [-0.15, -0.1) is 0 Å². The smallest absolute Gasteiger partial charge is 0.170 e. The molecule has 3 rings (SSSR count). The summed E-state index contributed by atoms with van der Waals surface area (Å²) < 4.78 is 5.56. The standard InChI is InChI=1S/C18H16O2/c1-12-10-16-11-15(8-9-17(16)20-12)13(2)18(19)14-6-4-3-5-7-14/h3-11,13H,1-2H3/t13-/m1/s1. The van der Waals surface area contributed by atoms with Crippen molar-refractivity contribution < 1.29 is 9.21 Å². The fourth-order valence-corrected chi connectivity index (χ4v) is 2.47. The van der Waals surface area contributed by atoms with Crippen LogP contribution in [-0.4, -0.2) is 5.78 Å². The second-order valence-corrected chi connectivity index (χ2v) is 5.11. The van der Waals surface area contributed by atoms with Crippen molar-refractivity contribution in [3.63, 3.8) is 0 Å². The summed E-state index contributed by atoms with van der Waals surface area (Å²) in [5.74, 6) is 0.876. The van der Waals surface area contributed by atoms with E-state index in [0.29, 0.717) is 0 Å². The highest BCUT2D eigenvalue weighted by Crippen LogP contribution is 2.26. The number of rotatable bonds is 3. The van der Waals surface area contributed by atoms with E-state index in [4.69, 9.17) is 4.42 Å². The van der Waals surface area contributed by atoms with Crippen molar-refractivity contribution in [2.24, 2.45) is 0 Å². The van der Waals surface area contributed by atoms with E-state index >= 15 is 0 Å². The highest BCUT2D eigenvalue weighted by Gasteiger charge is 2.17. The maximum Gasteiger partial charge on any atom is 0.170 e. The van der Waals surface area contributed by atoms with E-state index in [1.54, 1.807) is 0 Å². The van der Waals surface area contributed by atoms with E-state index in [9.17, 15) is 4.79 Å². The van der Waals surface area contributed by atoms with Crippen LogP contribution in [-0.2, 0) is 0 Å². The monoisotopic (exact) mass is 264 g/mol. The van der Waals surface area contributed by atoms with Crippen LogP contribution in [0.3, 0.4) is 0 Å². The van der Waals surface area contributed by atoms with Gasteiger partial charge in [0.25, 0.3) is 0 Å². The Balaban J connectivity index is 1.95. The van der Waals surface area contributed by atoms with Crippen molar-refractivity contribution in [1.82, 2.24) is 0 Å². The molecule has 0 aliphatic rings. The van der Waals surface area contributed by atoms with Crippen molar-refractivity contribution in [3.05, 3.63) is 71.5 Å². The molecule has 0 amide bonds. The fourth-order valence-electron chi connectivity index (χ4n) is 2.47. The number of carbonyl (C=O) groups is 1. The second kappa shape index (κ2) is 4.97. The van der Waals surface area contributed by atoms with Gasteiger partial charge in [0.1, 0.15) is 11.3 Å². The molecule has 0 spiro atoms. The molecule has 20 heavy (non-hydrogen) atoms. The maximum absolute atomic E-state index is 12.5. The molecule has 0 saturated heterocycles. The van der Waals surface area contributed by atoms with Crippen LogP contribution in [0.5, 0.6) is 0 Å². The molecule has 2 heteroatoms. The van der Waals surface area contributed by atoms with E-state index in [2.05, 4.69) is 0 Å². The summed E-state index contributed by atoms with van der Waals surface area (Å²) in [4.78, 5) is 12.5. The molecule has 1 heterocycles. The molecule has 1 aromatic heterocycles. The SMILES string of the molecule is Cc1cc2cc([C@@H](C)C(=O)c3ccccc3)ccc2o1. The Hall–Kier alpha value is -2.35. The molecular formula is C18H16O2. The Morgan fingerprint density at radius 2 is 1.80 bits per heavy atom. The number of hydrogen-bond donors (Lipinski definition) is 0. The zero-order valence-electron chi connectivity index (χ0n) is 11.6. The van der Waals surface area contributed by atoms with Gasteiger partial charge in [-0.05, 0) is 30.7 Å². The molecule has 0 radical (unpaired) electrons. The third-order valence-electron chi connectivity index (χ3n) is 3.62. The summed E-state index contributed by atoms with van der Waals surface area (Å²) >= 11 is 0. The Morgan fingerprint density at radius 1 is 1.05 bits per heavy atom. The molecule has 2 nitrogen and oxygen atoms in total. The zero-order chi connectivity index (χ0) is 14.1. The van der Waals surface area contributed by atoms with Gasteiger partial charge in [0, 0.05) is 16.9 Å². The van der Waals surface area contributed by atoms with Crippen LogP contribution >= 0.6 is 0 Å². The molecule has 2 aromatic carbocycles. The van der Waals surface area contributed by atoms with Crippen LogP contribution in [0, 0.1) is 6.92 Å². The molecule has 0 N–H and O–H groups in total. The number of carbonyl (C=O) groups excluding carboxylic acids is 1. The van der Waals surface area contributed by atoms with E-state index < -0.39 is 0 Å². The number of aryl methyl sites for hydroxylation is 1. The number of benzene rings is 2. The number of Topliss-reactive ketones (excluding diaryl/α,β-unsaturated/α-hetero) is 1. The Bertz CT molecular complexity index is 753. The van der Waals surface area contributed by atoms with Crippen molar-refractivity contribution in [1.29, 1.82) is 0 Å². The Labute approximate surface area is 118 Å². The van der Waals surface area contributed by atoms with Gasteiger partial charge in [0.15, 0.2) is 5.78 Å². The molecule has 0 fully saturated rings. The summed E-state index contributed by atoms with van der Waals surface area (Å²) in [5.41, 5.74) is 2.64. The molecule has 0 saturated carbocycles. The first kappa shape index (κ1) is 12.7. The third-order valence-corrected chi connectivity index (χ3v) is 3.62. The third kappa shape index (κ3) is 2.25. The molecule has 100 valence electrons. The van der Waals surface area contributed by atoms with Gasteiger partial charge in [-0.3, -0.25) is 4.79 Å². The number of ketones is 1. The van der Waals surface area contributed by atoms with E-state index in [-0.39, 0.29) is 11.7 Å². The normalized spacial score (nSPS) is 12.5. The predicted octanol–water partition coefficient (Wildman–Crippen LogP) is 4.73. The van der Waals surface area contributed by atoms with Crippen molar-refractivity contribution in [2.75, 3.05) is 0 Å². The maximum atomic E-state index is 12.5.